The molecule has 0 aliphatic carbocycles. The Morgan fingerprint density at radius 3 is 2.80 bits per heavy atom. The number of carboxylic acid groups (broad SMARTS) is 1. The van der Waals surface area contributed by atoms with Crippen LogP contribution in [-0.4, -0.2) is 11.1 Å². The first-order chi connectivity index (χ1) is 9.51. The Labute approximate surface area is 120 Å². The number of nitriles is 1. The SMILES string of the molecule is CC(Nc1cc(Cl)ccc1C#N)c1ccc(C(=O)O)o1. The molecule has 0 fully saturated rings. The molecule has 0 saturated carbocycles. The summed E-state index contributed by atoms with van der Waals surface area (Å²) in [6.07, 6.45) is 0. The van der Waals surface area contributed by atoms with E-state index < -0.39 is 5.97 Å². The molecule has 2 aromatic rings. The molecule has 1 aromatic carbocycles. The lowest BCUT2D eigenvalue weighted by molar-refractivity contribution is 0.0660. The molecule has 6 heteroatoms. The van der Waals surface area contributed by atoms with Crippen molar-refractivity contribution >= 4 is 23.3 Å². The molecule has 0 aliphatic heterocycles. The van der Waals surface area contributed by atoms with Crippen LogP contribution in [0.25, 0.3) is 0 Å². The molecule has 2 rings (SSSR count). The molecule has 0 spiro atoms. The van der Waals surface area contributed by atoms with Gasteiger partial charge in [0.25, 0.3) is 0 Å². The maximum atomic E-state index is 10.8. The van der Waals surface area contributed by atoms with Crippen LogP contribution in [0.2, 0.25) is 5.02 Å². The van der Waals surface area contributed by atoms with Crippen LogP contribution < -0.4 is 5.32 Å². The van der Waals surface area contributed by atoms with Gasteiger partial charge in [0, 0.05) is 5.02 Å². The van der Waals surface area contributed by atoms with Gasteiger partial charge in [-0.3, -0.25) is 0 Å². The van der Waals surface area contributed by atoms with Crippen LogP contribution in [0.3, 0.4) is 0 Å². The Morgan fingerprint density at radius 1 is 1.45 bits per heavy atom. The van der Waals surface area contributed by atoms with E-state index in [0.29, 0.717) is 22.0 Å². The van der Waals surface area contributed by atoms with Gasteiger partial charge in [0.1, 0.15) is 11.8 Å². The van der Waals surface area contributed by atoms with E-state index in [1.807, 2.05) is 0 Å². The maximum absolute atomic E-state index is 10.8. The van der Waals surface area contributed by atoms with Gasteiger partial charge in [-0.15, -0.1) is 0 Å². The highest BCUT2D eigenvalue weighted by atomic mass is 35.5. The van der Waals surface area contributed by atoms with Crippen LogP contribution in [0, 0.1) is 11.3 Å². The smallest absolute Gasteiger partial charge is 0.371 e. The number of anilines is 1. The van der Waals surface area contributed by atoms with Crippen LogP contribution in [-0.2, 0) is 0 Å². The van der Waals surface area contributed by atoms with Crippen LogP contribution >= 0.6 is 11.6 Å². The van der Waals surface area contributed by atoms with Crippen LogP contribution in [0.5, 0.6) is 0 Å². The van der Waals surface area contributed by atoms with Gasteiger partial charge >= 0.3 is 5.97 Å². The molecule has 0 aliphatic rings. The van der Waals surface area contributed by atoms with Gasteiger partial charge in [0.05, 0.1) is 17.3 Å². The molecule has 20 heavy (non-hydrogen) atoms. The third kappa shape index (κ3) is 2.92. The quantitative estimate of drug-likeness (QED) is 0.897. The van der Waals surface area contributed by atoms with E-state index in [4.69, 9.17) is 26.4 Å². The van der Waals surface area contributed by atoms with E-state index in [2.05, 4.69) is 11.4 Å². The van der Waals surface area contributed by atoms with Crippen molar-refractivity contribution in [2.45, 2.75) is 13.0 Å². The van der Waals surface area contributed by atoms with E-state index >= 15 is 0 Å². The average Bonchev–Trinajstić information content (AvgIpc) is 2.89. The second-order valence-electron chi connectivity index (χ2n) is 4.17. The lowest BCUT2D eigenvalue weighted by atomic mass is 10.1. The van der Waals surface area contributed by atoms with Gasteiger partial charge in [-0.2, -0.15) is 5.26 Å². The lowest BCUT2D eigenvalue weighted by Crippen LogP contribution is -2.07. The Hall–Kier alpha value is -2.45. The third-order valence-corrected chi connectivity index (χ3v) is 2.97. The number of aromatic carboxylic acids is 1. The number of hydrogen-bond acceptors (Lipinski definition) is 4. The first kappa shape index (κ1) is 14.0. The minimum atomic E-state index is -1.12. The van der Waals surface area contributed by atoms with Crippen molar-refractivity contribution in [1.82, 2.24) is 0 Å². The summed E-state index contributed by atoms with van der Waals surface area (Å²) in [5.41, 5.74) is 1.02. The number of halogens is 1. The second kappa shape index (κ2) is 5.68. The molecule has 0 saturated heterocycles. The fourth-order valence-corrected chi connectivity index (χ4v) is 1.91. The van der Waals surface area contributed by atoms with E-state index in [1.165, 1.54) is 6.07 Å². The standard InChI is InChI=1S/C14H11ClN2O3/c1-8(12-4-5-13(20-12)14(18)19)17-11-6-10(15)3-2-9(11)7-16/h2-6,8,17H,1H3,(H,18,19). The second-order valence-corrected chi connectivity index (χ2v) is 4.61. The lowest BCUT2D eigenvalue weighted by Gasteiger charge is -2.14. The van der Waals surface area contributed by atoms with Crippen molar-refractivity contribution in [2.75, 3.05) is 5.32 Å². The number of rotatable bonds is 4. The van der Waals surface area contributed by atoms with Crippen LogP contribution in [0.1, 0.15) is 34.8 Å². The van der Waals surface area contributed by atoms with E-state index in [0.717, 1.165) is 0 Å². The largest absolute Gasteiger partial charge is 0.475 e. The Morgan fingerprint density at radius 2 is 2.20 bits per heavy atom. The average molecular weight is 291 g/mol. The number of hydrogen-bond donors (Lipinski definition) is 2. The normalized spacial score (nSPS) is 11.7. The van der Waals surface area contributed by atoms with Crippen molar-refractivity contribution in [2.24, 2.45) is 0 Å². The summed E-state index contributed by atoms with van der Waals surface area (Å²) in [6.45, 7) is 1.80. The van der Waals surface area contributed by atoms with E-state index in [9.17, 15) is 4.79 Å². The number of nitrogens with zero attached hydrogens (tertiary/aromatic N) is 1. The molecule has 1 heterocycles. The summed E-state index contributed by atoms with van der Waals surface area (Å²) in [6, 6.07) is 9.61. The summed E-state index contributed by atoms with van der Waals surface area (Å²) in [5, 5.41) is 21.4. The Balaban J connectivity index is 2.23. The molecule has 0 amide bonds. The molecule has 1 aromatic heterocycles. The minimum absolute atomic E-state index is 0.125. The monoisotopic (exact) mass is 290 g/mol. The van der Waals surface area contributed by atoms with Gasteiger partial charge in [-0.25, -0.2) is 4.79 Å². The van der Waals surface area contributed by atoms with Crippen molar-refractivity contribution in [3.63, 3.8) is 0 Å². The fourth-order valence-electron chi connectivity index (χ4n) is 1.74. The number of furan rings is 1. The molecule has 2 N–H and O–H groups in total. The number of nitrogens with one attached hydrogen (secondary N) is 1. The fraction of sp³-hybridized carbons (Fsp3) is 0.143. The van der Waals surface area contributed by atoms with Crippen LogP contribution in [0.4, 0.5) is 5.69 Å². The summed E-state index contributed by atoms with van der Waals surface area (Å²) in [7, 11) is 0. The number of carboxylic acids is 1. The van der Waals surface area contributed by atoms with Gasteiger partial charge in [-0.1, -0.05) is 11.6 Å². The summed E-state index contributed by atoms with van der Waals surface area (Å²) in [4.78, 5) is 10.8. The predicted octanol–water partition coefficient (Wildman–Crippen LogP) is 3.68. The highest BCUT2D eigenvalue weighted by Crippen LogP contribution is 2.26. The highest BCUT2D eigenvalue weighted by molar-refractivity contribution is 6.30. The minimum Gasteiger partial charge on any atom is -0.475 e. The molecular formula is C14H11ClN2O3. The van der Waals surface area contributed by atoms with Gasteiger partial charge in [0.15, 0.2) is 0 Å². The van der Waals surface area contributed by atoms with Crippen molar-refractivity contribution in [1.29, 1.82) is 5.26 Å². The molecule has 102 valence electrons. The van der Waals surface area contributed by atoms with Gasteiger partial charge in [-0.05, 0) is 37.3 Å². The van der Waals surface area contributed by atoms with E-state index in [-0.39, 0.29) is 11.8 Å². The Bertz CT molecular complexity index is 688. The summed E-state index contributed by atoms with van der Waals surface area (Å²) < 4.78 is 5.20. The topological polar surface area (TPSA) is 86.3 Å². The zero-order valence-corrected chi connectivity index (χ0v) is 11.3. The van der Waals surface area contributed by atoms with Crippen molar-refractivity contribution < 1.29 is 14.3 Å². The highest BCUT2D eigenvalue weighted by Gasteiger charge is 2.15. The molecule has 1 unspecified atom stereocenters. The first-order valence-corrected chi connectivity index (χ1v) is 6.18. The Kier molecular flexibility index (Phi) is 3.97. The van der Waals surface area contributed by atoms with E-state index in [1.54, 1.807) is 31.2 Å². The maximum Gasteiger partial charge on any atom is 0.371 e. The van der Waals surface area contributed by atoms with Crippen molar-refractivity contribution in [3.8, 4) is 6.07 Å². The third-order valence-electron chi connectivity index (χ3n) is 2.74. The zero-order chi connectivity index (χ0) is 14.7. The first-order valence-electron chi connectivity index (χ1n) is 5.80. The molecule has 0 radical (unpaired) electrons. The molecule has 5 nitrogen and oxygen atoms in total. The molecule has 1 atom stereocenters. The van der Waals surface area contributed by atoms with Crippen molar-refractivity contribution in [3.05, 3.63) is 52.4 Å². The van der Waals surface area contributed by atoms with Crippen LogP contribution in [0.15, 0.2) is 34.7 Å². The molecule has 0 bridgehead atoms. The number of carbonyl (C=O) groups is 1. The summed E-state index contributed by atoms with van der Waals surface area (Å²) in [5.74, 6) is -0.782. The van der Waals surface area contributed by atoms with Gasteiger partial charge < -0.3 is 14.8 Å². The predicted molar refractivity (Wildman–Crippen MR) is 73.9 cm³/mol. The zero-order valence-electron chi connectivity index (χ0n) is 10.6. The van der Waals surface area contributed by atoms with Gasteiger partial charge in [0.2, 0.25) is 5.76 Å². The summed E-state index contributed by atoms with van der Waals surface area (Å²) >= 11 is 5.90. The molecular weight excluding hydrogens is 280 g/mol. The number of benzene rings is 1.